The molecule has 1 aromatic rings. The number of nitrogens with one attached hydrogen (secondary N) is 1. The standard InChI is InChI=1S/C20H33N3O2/c1-4-12-24-16-19-8-6-5-7-18(19)14-22-20(21-2)23(3)11-13-25-15-17-9-10-17/h5-8,17H,4,9-16H2,1-3H3,(H,21,22). The van der Waals surface area contributed by atoms with Crippen LogP contribution in [0.2, 0.25) is 0 Å². The van der Waals surface area contributed by atoms with E-state index in [1.807, 2.05) is 14.1 Å². The second-order valence-corrected chi connectivity index (χ2v) is 6.66. The molecule has 0 aromatic heterocycles. The van der Waals surface area contributed by atoms with Crippen molar-refractivity contribution in [1.82, 2.24) is 10.2 Å². The molecule has 0 unspecified atom stereocenters. The third-order valence-corrected chi connectivity index (χ3v) is 4.36. The highest BCUT2D eigenvalue weighted by Gasteiger charge is 2.21. The molecule has 0 amide bonds. The van der Waals surface area contributed by atoms with Crippen LogP contribution in [-0.2, 0) is 22.6 Å². The monoisotopic (exact) mass is 347 g/mol. The van der Waals surface area contributed by atoms with Crippen molar-refractivity contribution < 1.29 is 9.47 Å². The van der Waals surface area contributed by atoms with Gasteiger partial charge in [0.1, 0.15) is 0 Å². The number of benzene rings is 1. The molecule has 0 atom stereocenters. The molecule has 0 heterocycles. The Kier molecular flexibility index (Phi) is 8.77. The van der Waals surface area contributed by atoms with Crippen LogP contribution in [0.25, 0.3) is 0 Å². The van der Waals surface area contributed by atoms with E-state index in [0.29, 0.717) is 6.61 Å². The summed E-state index contributed by atoms with van der Waals surface area (Å²) in [5, 5.41) is 3.44. The van der Waals surface area contributed by atoms with Crippen LogP contribution in [0.15, 0.2) is 29.3 Å². The molecule has 0 radical (unpaired) electrons. The molecule has 0 aliphatic heterocycles. The van der Waals surface area contributed by atoms with E-state index in [-0.39, 0.29) is 0 Å². The number of nitrogens with zero attached hydrogens (tertiary/aromatic N) is 2. The quantitative estimate of drug-likeness (QED) is 0.380. The summed E-state index contributed by atoms with van der Waals surface area (Å²) < 4.78 is 11.4. The van der Waals surface area contributed by atoms with Gasteiger partial charge in [0.05, 0.1) is 13.2 Å². The smallest absolute Gasteiger partial charge is 0.193 e. The Bertz CT molecular complexity index is 529. The van der Waals surface area contributed by atoms with E-state index in [9.17, 15) is 0 Å². The third-order valence-electron chi connectivity index (χ3n) is 4.36. The number of aliphatic imine (C=N–C) groups is 1. The van der Waals surface area contributed by atoms with Crippen molar-refractivity contribution in [3.63, 3.8) is 0 Å². The van der Waals surface area contributed by atoms with Gasteiger partial charge in [-0.3, -0.25) is 4.99 Å². The molecule has 0 bridgehead atoms. The molecule has 0 saturated heterocycles. The average Bonchev–Trinajstić information content (AvgIpc) is 3.45. The van der Waals surface area contributed by atoms with Gasteiger partial charge in [0.25, 0.3) is 0 Å². The van der Waals surface area contributed by atoms with Gasteiger partial charge in [-0.15, -0.1) is 0 Å². The topological polar surface area (TPSA) is 46.1 Å². The lowest BCUT2D eigenvalue weighted by Gasteiger charge is -2.22. The molecule has 2 rings (SSSR count). The Morgan fingerprint density at radius 1 is 1.20 bits per heavy atom. The van der Waals surface area contributed by atoms with Gasteiger partial charge in [0, 0.05) is 40.4 Å². The van der Waals surface area contributed by atoms with Gasteiger partial charge in [0.15, 0.2) is 5.96 Å². The third kappa shape index (κ3) is 7.45. The lowest BCUT2D eigenvalue weighted by Crippen LogP contribution is -2.40. The highest BCUT2D eigenvalue weighted by molar-refractivity contribution is 5.79. The van der Waals surface area contributed by atoms with E-state index >= 15 is 0 Å². The molecule has 1 aromatic carbocycles. The highest BCUT2D eigenvalue weighted by atomic mass is 16.5. The van der Waals surface area contributed by atoms with Crippen molar-refractivity contribution in [2.75, 3.05) is 40.5 Å². The van der Waals surface area contributed by atoms with E-state index in [2.05, 4.69) is 46.4 Å². The maximum absolute atomic E-state index is 5.72. The Morgan fingerprint density at radius 2 is 1.96 bits per heavy atom. The summed E-state index contributed by atoms with van der Waals surface area (Å²) in [6.45, 7) is 6.82. The summed E-state index contributed by atoms with van der Waals surface area (Å²) in [6, 6.07) is 8.40. The molecular formula is C20H33N3O2. The van der Waals surface area contributed by atoms with Crippen LogP contribution in [0.3, 0.4) is 0 Å². The number of rotatable bonds is 11. The van der Waals surface area contributed by atoms with Gasteiger partial charge in [-0.25, -0.2) is 0 Å². The van der Waals surface area contributed by atoms with E-state index < -0.39 is 0 Å². The van der Waals surface area contributed by atoms with Crippen molar-refractivity contribution in [3.8, 4) is 0 Å². The first-order valence-corrected chi connectivity index (χ1v) is 9.38. The number of hydrogen-bond acceptors (Lipinski definition) is 3. The predicted octanol–water partition coefficient (Wildman–Crippen LogP) is 3.05. The van der Waals surface area contributed by atoms with Crippen molar-refractivity contribution in [2.45, 2.75) is 39.3 Å². The van der Waals surface area contributed by atoms with Gasteiger partial charge in [0.2, 0.25) is 0 Å². The van der Waals surface area contributed by atoms with Crippen molar-refractivity contribution in [3.05, 3.63) is 35.4 Å². The zero-order valence-corrected chi connectivity index (χ0v) is 16.0. The van der Waals surface area contributed by atoms with Crippen LogP contribution < -0.4 is 5.32 Å². The molecule has 1 N–H and O–H groups in total. The van der Waals surface area contributed by atoms with Crippen LogP contribution in [0.4, 0.5) is 0 Å². The summed E-state index contributed by atoms with van der Waals surface area (Å²) in [6.07, 6.45) is 3.71. The first-order valence-electron chi connectivity index (χ1n) is 9.38. The fourth-order valence-corrected chi connectivity index (χ4v) is 2.60. The minimum absolute atomic E-state index is 0.662. The lowest BCUT2D eigenvalue weighted by atomic mass is 10.1. The number of likely N-dealkylation sites (N-methyl/N-ethyl adjacent to an activating group) is 1. The maximum atomic E-state index is 5.72. The molecule has 1 aliphatic carbocycles. The van der Waals surface area contributed by atoms with Crippen molar-refractivity contribution in [1.29, 1.82) is 0 Å². The molecule has 1 aliphatic rings. The number of guanidine groups is 1. The van der Waals surface area contributed by atoms with Crippen LogP contribution >= 0.6 is 0 Å². The zero-order valence-electron chi connectivity index (χ0n) is 16.0. The summed E-state index contributed by atoms with van der Waals surface area (Å²) in [5.74, 6) is 1.70. The molecule has 1 saturated carbocycles. The van der Waals surface area contributed by atoms with Crippen molar-refractivity contribution in [2.24, 2.45) is 10.9 Å². The van der Waals surface area contributed by atoms with Crippen molar-refractivity contribution >= 4 is 5.96 Å². The fraction of sp³-hybridized carbons (Fsp3) is 0.650. The average molecular weight is 348 g/mol. The van der Waals surface area contributed by atoms with E-state index in [1.54, 1.807) is 0 Å². The summed E-state index contributed by atoms with van der Waals surface area (Å²) in [5.41, 5.74) is 2.48. The van der Waals surface area contributed by atoms with Gasteiger partial charge in [-0.2, -0.15) is 0 Å². The van der Waals surface area contributed by atoms with Crippen LogP contribution in [0, 0.1) is 5.92 Å². The second-order valence-electron chi connectivity index (χ2n) is 6.66. The van der Waals surface area contributed by atoms with E-state index in [4.69, 9.17) is 9.47 Å². The normalized spacial score (nSPS) is 14.6. The second kappa shape index (κ2) is 11.1. The highest BCUT2D eigenvalue weighted by Crippen LogP contribution is 2.28. The summed E-state index contributed by atoms with van der Waals surface area (Å²) in [4.78, 5) is 6.49. The van der Waals surface area contributed by atoms with Crippen LogP contribution in [0.5, 0.6) is 0 Å². The Labute approximate surface area is 152 Å². The fourth-order valence-electron chi connectivity index (χ4n) is 2.60. The Balaban J connectivity index is 1.76. The summed E-state index contributed by atoms with van der Waals surface area (Å²) >= 11 is 0. The summed E-state index contributed by atoms with van der Waals surface area (Å²) in [7, 11) is 3.87. The Morgan fingerprint density at radius 3 is 2.64 bits per heavy atom. The molecule has 140 valence electrons. The molecule has 5 heteroatoms. The van der Waals surface area contributed by atoms with E-state index in [1.165, 1.54) is 24.0 Å². The van der Waals surface area contributed by atoms with Gasteiger partial charge < -0.3 is 19.7 Å². The van der Waals surface area contributed by atoms with Gasteiger partial charge in [-0.05, 0) is 36.3 Å². The minimum atomic E-state index is 0.662. The SMILES string of the molecule is CCCOCc1ccccc1CNC(=NC)N(C)CCOCC1CC1. The molecular weight excluding hydrogens is 314 g/mol. The number of ether oxygens (including phenoxy) is 2. The molecule has 1 fully saturated rings. The first-order chi connectivity index (χ1) is 12.2. The molecule has 0 spiro atoms. The Hall–Kier alpha value is -1.59. The van der Waals surface area contributed by atoms with Gasteiger partial charge >= 0.3 is 0 Å². The lowest BCUT2D eigenvalue weighted by molar-refractivity contribution is 0.115. The first kappa shape index (κ1) is 19.7. The zero-order chi connectivity index (χ0) is 17.9. The maximum Gasteiger partial charge on any atom is 0.193 e. The van der Waals surface area contributed by atoms with Crippen LogP contribution in [0.1, 0.15) is 37.3 Å². The van der Waals surface area contributed by atoms with E-state index in [0.717, 1.165) is 51.2 Å². The largest absolute Gasteiger partial charge is 0.379 e. The molecule has 25 heavy (non-hydrogen) atoms. The van der Waals surface area contributed by atoms with Gasteiger partial charge in [-0.1, -0.05) is 31.2 Å². The predicted molar refractivity (Wildman–Crippen MR) is 103 cm³/mol. The molecule has 5 nitrogen and oxygen atoms in total. The minimum Gasteiger partial charge on any atom is -0.379 e. The van der Waals surface area contributed by atoms with Crippen LogP contribution in [-0.4, -0.2) is 51.3 Å². The number of hydrogen-bond donors (Lipinski definition) is 1.